The van der Waals surface area contributed by atoms with Gasteiger partial charge in [0.25, 0.3) is 0 Å². The highest BCUT2D eigenvalue weighted by molar-refractivity contribution is 5.28. The number of benzene rings is 2. The third-order valence-electron chi connectivity index (χ3n) is 3.81. The molecule has 0 radical (unpaired) electrons. The Morgan fingerprint density at radius 1 is 1.12 bits per heavy atom. The van der Waals surface area contributed by atoms with Crippen molar-refractivity contribution in [3.63, 3.8) is 0 Å². The summed E-state index contributed by atoms with van der Waals surface area (Å²) in [5.41, 5.74) is 0.895. The molecule has 0 heterocycles. The lowest BCUT2D eigenvalue weighted by Crippen LogP contribution is -2.33. The molecular formula is C19H22F3NO2. The van der Waals surface area contributed by atoms with Crippen molar-refractivity contribution in [2.75, 3.05) is 13.2 Å². The molecule has 0 amide bonds. The Morgan fingerprint density at radius 2 is 1.84 bits per heavy atom. The van der Waals surface area contributed by atoms with E-state index in [2.05, 4.69) is 5.32 Å². The van der Waals surface area contributed by atoms with E-state index in [9.17, 15) is 18.3 Å². The van der Waals surface area contributed by atoms with E-state index in [0.717, 1.165) is 17.7 Å². The molecular weight excluding hydrogens is 331 g/mol. The van der Waals surface area contributed by atoms with Gasteiger partial charge in [0.05, 0.1) is 5.56 Å². The number of hydrogen-bond donors (Lipinski definition) is 2. The van der Waals surface area contributed by atoms with Gasteiger partial charge in [-0.3, -0.25) is 0 Å². The molecule has 2 N–H and O–H groups in total. The van der Waals surface area contributed by atoms with Gasteiger partial charge in [-0.05, 0) is 49.2 Å². The fraction of sp³-hybridized carbons (Fsp3) is 0.368. The van der Waals surface area contributed by atoms with Crippen LogP contribution in [-0.2, 0) is 6.18 Å². The summed E-state index contributed by atoms with van der Waals surface area (Å²) in [7, 11) is 0. The normalized spacial score (nSPS) is 14.2. The van der Waals surface area contributed by atoms with E-state index in [-0.39, 0.29) is 19.2 Å². The fourth-order valence-electron chi connectivity index (χ4n) is 2.37. The van der Waals surface area contributed by atoms with Gasteiger partial charge >= 0.3 is 6.18 Å². The first-order valence-electron chi connectivity index (χ1n) is 8.04. The number of ether oxygens (including phenoxy) is 1. The minimum Gasteiger partial charge on any atom is -0.491 e. The minimum absolute atomic E-state index is 0.103. The summed E-state index contributed by atoms with van der Waals surface area (Å²) >= 11 is 0. The Labute approximate surface area is 145 Å². The van der Waals surface area contributed by atoms with Gasteiger partial charge in [0.1, 0.15) is 18.5 Å². The molecule has 2 atom stereocenters. The maximum absolute atomic E-state index is 12.8. The lowest BCUT2D eigenvalue weighted by molar-refractivity contribution is -0.137. The van der Waals surface area contributed by atoms with Crippen LogP contribution in [0.4, 0.5) is 13.2 Å². The fourth-order valence-corrected chi connectivity index (χ4v) is 2.37. The van der Waals surface area contributed by atoms with E-state index in [1.807, 2.05) is 25.1 Å². The molecule has 25 heavy (non-hydrogen) atoms. The monoisotopic (exact) mass is 353 g/mol. The lowest BCUT2D eigenvalue weighted by atomic mass is 10.0. The summed E-state index contributed by atoms with van der Waals surface area (Å²) in [6, 6.07) is 12.3. The van der Waals surface area contributed by atoms with Crippen LogP contribution in [0.3, 0.4) is 0 Å². The summed E-state index contributed by atoms with van der Waals surface area (Å²) in [4.78, 5) is 0. The number of nitrogens with one attached hydrogen (secondary N) is 1. The zero-order valence-corrected chi connectivity index (χ0v) is 14.2. The first-order chi connectivity index (χ1) is 11.8. The maximum Gasteiger partial charge on any atom is 0.416 e. The highest BCUT2D eigenvalue weighted by atomic mass is 19.4. The van der Waals surface area contributed by atoms with Crippen LogP contribution in [0, 0.1) is 6.92 Å². The van der Waals surface area contributed by atoms with E-state index >= 15 is 0 Å². The maximum atomic E-state index is 12.8. The lowest BCUT2D eigenvalue weighted by Gasteiger charge is -2.19. The second-order valence-corrected chi connectivity index (χ2v) is 6.03. The van der Waals surface area contributed by atoms with Gasteiger partial charge in [-0.1, -0.05) is 24.3 Å². The van der Waals surface area contributed by atoms with Crippen molar-refractivity contribution in [1.82, 2.24) is 5.32 Å². The average Bonchev–Trinajstić information content (AvgIpc) is 2.57. The number of rotatable bonds is 7. The van der Waals surface area contributed by atoms with E-state index in [1.54, 1.807) is 19.1 Å². The Balaban J connectivity index is 1.84. The molecule has 0 bridgehead atoms. The molecule has 0 saturated carbocycles. The first kappa shape index (κ1) is 19.3. The minimum atomic E-state index is -4.36. The molecule has 3 nitrogen and oxygen atoms in total. The van der Waals surface area contributed by atoms with Crippen LogP contribution < -0.4 is 10.1 Å². The van der Waals surface area contributed by atoms with Gasteiger partial charge in [-0.25, -0.2) is 0 Å². The second-order valence-electron chi connectivity index (χ2n) is 6.03. The molecule has 0 spiro atoms. The summed E-state index contributed by atoms with van der Waals surface area (Å²) in [6.07, 6.45) is -5.13. The SMILES string of the molecule is Cc1cccc(OCC(O)CNC(C)c2cccc(C(F)(F)F)c2)c1. The van der Waals surface area contributed by atoms with E-state index < -0.39 is 17.8 Å². The van der Waals surface area contributed by atoms with Crippen LogP contribution in [0.1, 0.15) is 29.7 Å². The molecule has 0 aliphatic carbocycles. The number of halogens is 3. The van der Waals surface area contributed by atoms with E-state index in [1.165, 1.54) is 6.07 Å². The van der Waals surface area contributed by atoms with Crippen molar-refractivity contribution in [3.8, 4) is 5.75 Å². The van der Waals surface area contributed by atoms with Gasteiger partial charge < -0.3 is 15.2 Å². The molecule has 0 fully saturated rings. The molecule has 2 rings (SSSR count). The van der Waals surface area contributed by atoms with Crippen LogP contribution in [-0.4, -0.2) is 24.4 Å². The largest absolute Gasteiger partial charge is 0.491 e. The van der Waals surface area contributed by atoms with E-state index in [0.29, 0.717) is 11.3 Å². The van der Waals surface area contributed by atoms with Crippen molar-refractivity contribution in [3.05, 3.63) is 65.2 Å². The summed E-state index contributed by atoms with van der Waals surface area (Å²) in [6.45, 7) is 4.01. The van der Waals surface area contributed by atoms with Gasteiger partial charge in [0.15, 0.2) is 0 Å². The third kappa shape index (κ3) is 6.07. The predicted octanol–water partition coefficient (Wildman–Crippen LogP) is 4.10. The van der Waals surface area contributed by atoms with Crippen molar-refractivity contribution in [2.24, 2.45) is 0 Å². The molecule has 2 aromatic carbocycles. The van der Waals surface area contributed by atoms with Crippen molar-refractivity contribution in [2.45, 2.75) is 32.2 Å². The van der Waals surface area contributed by atoms with Crippen LogP contribution in [0.15, 0.2) is 48.5 Å². The number of aliphatic hydroxyl groups excluding tert-OH is 1. The molecule has 0 saturated heterocycles. The molecule has 6 heteroatoms. The molecule has 0 aliphatic rings. The molecule has 0 aromatic heterocycles. The molecule has 2 aromatic rings. The van der Waals surface area contributed by atoms with Crippen LogP contribution in [0.25, 0.3) is 0 Å². The predicted molar refractivity (Wildman–Crippen MR) is 90.5 cm³/mol. The van der Waals surface area contributed by atoms with E-state index in [4.69, 9.17) is 4.74 Å². The smallest absolute Gasteiger partial charge is 0.416 e. The highest BCUT2D eigenvalue weighted by Crippen LogP contribution is 2.30. The highest BCUT2D eigenvalue weighted by Gasteiger charge is 2.30. The van der Waals surface area contributed by atoms with Crippen molar-refractivity contribution in [1.29, 1.82) is 0 Å². The zero-order chi connectivity index (χ0) is 18.4. The Morgan fingerprint density at radius 3 is 2.52 bits per heavy atom. The Bertz CT molecular complexity index is 688. The number of aliphatic hydroxyl groups is 1. The first-order valence-corrected chi connectivity index (χ1v) is 8.04. The molecule has 0 aliphatic heterocycles. The Hall–Kier alpha value is -2.05. The number of aryl methyl sites for hydroxylation is 1. The summed E-state index contributed by atoms with van der Waals surface area (Å²) in [5.74, 6) is 0.671. The van der Waals surface area contributed by atoms with Crippen LogP contribution in [0.5, 0.6) is 5.75 Å². The molecule has 2 unspecified atom stereocenters. The summed E-state index contributed by atoms with van der Waals surface area (Å²) in [5, 5.41) is 13.0. The van der Waals surface area contributed by atoms with Crippen molar-refractivity contribution >= 4 is 0 Å². The number of hydrogen-bond acceptors (Lipinski definition) is 3. The average molecular weight is 353 g/mol. The standard InChI is InChI=1S/C19H22F3NO2/c1-13-5-3-8-18(9-13)25-12-17(24)11-23-14(2)15-6-4-7-16(10-15)19(20,21)22/h3-10,14,17,23-24H,11-12H2,1-2H3. The van der Waals surface area contributed by atoms with Gasteiger partial charge in [-0.2, -0.15) is 13.2 Å². The van der Waals surface area contributed by atoms with Crippen molar-refractivity contribution < 1.29 is 23.0 Å². The van der Waals surface area contributed by atoms with Gasteiger partial charge in [0.2, 0.25) is 0 Å². The molecule has 136 valence electrons. The van der Waals surface area contributed by atoms with Crippen LogP contribution >= 0.6 is 0 Å². The summed E-state index contributed by atoms with van der Waals surface area (Å²) < 4.78 is 43.8. The number of alkyl halides is 3. The van der Waals surface area contributed by atoms with Crippen LogP contribution in [0.2, 0.25) is 0 Å². The topological polar surface area (TPSA) is 41.5 Å². The Kier molecular flexibility index (Phi) is 6.45. The zero-order valence-electron chi connectivity index (χ0n) is 14.2. The quantitative estimate of drug-likeness (QED) is 0.787. The van der Waals surface area contributed by atoms with Gasteiger partial charge in [0, 0.05) is 12.6 Å². The van der Waals surface area contributed by atoms with Gasteiger partial charge in [-0.15, -0.1) is 0 Å². The third-order valence-corrected chi connectivity index (χ3v) is 3.81. The second kappa shape index (κ2) is 8.36.